The van der Waals surface area contributed by atoms with E-state index in [0.717, 1.165) is 31.5 Å². The minimum Gasteiger partial charge on any atom is -0.493 e. The maximum absolute atomic E-state index is 12.8. The van der Waals surface area contributed by atoms with Crippen LogP contribution in [-0.4, -0.2) is 59.8 Å². The van der Waals surface area contributed by atoms with Gasteiger partial charge in [0.1, 0.15) is 4.32 Å². The molecular formula is C22H28N2O4S2. The van der Waals surface area contributed by atoms with Crippen molar-refractivity contribution in [1.29, 1.82) is 0 Å². The zero-order valence-electron chi connectivity index (χ0n) is 17.5. The lowest BCUT2D eigenvalue weighted by Crippen LogP contribution is -2.33. The van der Waals surface area contributed by atoms with E-state index < -0.39 is 0 Å². The van der Waals surface area contributed by atoms with Crippen LogP contribution in [0, 0.1) is 0 Å². The summed E-state index contributed by atoms with van der Waals surface area (Å²) in [7, 11) is 3.16. The third-order valence-electron chi connectivity index (χ3n) is 5.31. The number of ether oxygens (including phenoxy) is 2. The van der Waals surface area contributed by atoms with Crippen molar-refractivity contribution in [3.05, 3.63) is 28.7 Å². The number of methoxy groups -OCH3 is 2. The van der Waals surface area contributed by atoms with Crippen molar-refractivity contribution in [2.75, 3.05) is 33.9 Å². The summed E-state index contributed by atoms with van der Waals surface area (Å²) in [5.74, 6) is 1.32. The number of nitrogens with zero attached hydrogens (tertiary/aromatic N) is 2. The molecule has 0 saturated carbocycles. The first-order valence-electron chi connectivity index (χ1n) is 10.3. The van der Waals surface area contributed by atoms with Gasteiger partial charge >= 0.3 is 0 Å². The number of benzene rings is 1. The van der Waals surface area contributed by atoms with Crippen LogP contribution in [0.2, 0.25) is 0 Å². The Bertz CT molecular complexity index is 832. The minimum atomic E-state index is -0.109. The molecule has 0 spiro atoms. The maximum Gasteiger partial charge on any atom is 0.266 e. The summed E-state index contributed by atoms with van der Waals surface area (Å²) < 4.78 is 11.1. The molecule has 0 bridgehead atoms. The zero-order valence-corrected chi connectivity index (χ0v) is 19.2. The lowest BCUT2D eigenvalue weighted by Gasteiger charge is -2.21. The molecule has 2 fully saturated rings. The van der Waals surface area contributed by atoms with Crippen LogP contribution >= 0.6 is 24.0 Å². The molecule has 0 aromatic heterocycles. The van der Waals surface area contributed by atoms with Crippen LogP contribution in [0.15, 0.2) is 23.1 Å². The molecule has 162 valence electrons. The monoisotopic (exact) mass is 448 g/mol. The number of hydrogen-bond acceptors (Lipinski definition) is 6. The number of amides is 2. The van der Waals surface area contributed by atoms with Crippen LogP contribution in [0.4, 0.5) is 0 Å². The molecule has 1 aromatic rings. The molecule has 0 unspecified atom stereocenters. The summed E-state index contributed by atoms with van der Waals surface area (Å²) in [5, 5.41) is 0. The molecule has 0 N–H and O–H groups in total. The number of thioether (sulfide) groups is 1. The Hall–Kier alpha value is -2.06. The highest BCUT2D eigenvalue weighted by molar-refractivity contribution is 8.26. The molecule has 30 heavy (non-hydrogen) atoms. The summed E-state index contributed by atoms with van der Waals surface area (Å²) >= 11 is 6.70. The van der Waals surface area contributed by atoms with Gasteiger partial charge in [0.25, 0.3) is 5.91 Å². The lowest BCUT2D eigenvalue weighted by atomic mass is 10.2. The highest BCUT2D eigenvalue weighted by Crippen LogP contribution is 2.34. The van der Waals surface area contributed by atoms with Gasteiger partial charge in [-0.15, -0.1) is 0 Å². The van der Waals surface area contributed by atoms with Crippen molar-refractivity contribution in [1.82, 2.24) is 9.80 Å². The van der Waals surface area contributed by atoms with E-state index in [2.05, 4.69) is 0 Å². The van der Waals surface area contributed by atoms with Crippen LogP contribution < -0.4 is 9.47 Å². The second kappa shape index (κ2) is 10.8. The summed E-state index contributed by atoms with van der Waals surface area (Å²) in [5.41, 5.74) is 0.837. The number of likely N-dealkylation sites (tertiary alicyclic amines) is 1. The van der Waals surface area contributed by atoms with Crippen molar-refractivity contribution in [2.45, 2.75) is 38.5 Å². The number of carbonyl (C=O) groups is 2. The van der Waals surface area contributed by atoms with Gasteiger partial charge in [-0.2, -0.15) is 0 Å². The van der Waals surface area contributed by atoms with Crippen molar-refractivity contribution in [3.8, 4) is 11.5 Å². The van der Waals surface area contributed by atoms with Gasteiger partial charge in [-0.05, 0) is 43.0 Å². The largest absolute Gasteiger partial charge is 0.493 e. The van der Waals surface area contributed by atoms with Crippen LogP contribution in [0.3, 0.4) is 0 Å². The van der Waals surface area contributed by atoms with Gasteiger partial charge in [0.2, 0.25) is 5.91 Å². The molecule has 8 heteroatoms. The topological polar surface area (TPSA) is 59.1 Å². The predicted molar refractivity (Wildman–Crippen MR) is 124 cm³/mol. The molecule has 2 aliphatic rings. The van der Waals surface area contributed by atoms with Gasteiger partial charge < -0.3 is 14.4 Å². The Balaban J connectivity index is 1.58. The highest BCUT2D eigenvalue weighted by atomic mass is 32.2. The first-order valence-corrected chi connectivity index (χ1v) is 11.5. The Morgan fingerprint density at radius 3 is 2.50 bits per heavy atom. The first kappa shape index (κ1) is 22.6. The zero-order chi connectivity index (χ0) is 21.5. The molecule has 2 aliphatic heterocycles. The minimum absolute atomic E-state index is 0.109. The summed E-state index contributed by atoms with van der Waals surface area (Å²) in [6, 6.07) is 5.50. The predicted octanol–water partition coefficient (Wildman–Crippen LogP) is 4.09. The summed E-state index contributed by atoms with van der Waals surface area (Å²) in [6.45, 7) is 2.18. The third-order valence-corrected chi connectivity index (χ3v) is 6.69. The molecule has 2 heterocycles. The van der Waals surface area contributed by atoms with Crippen molar-refractivity contribution in [2.24, 2.45) is 0 Å². The highest BCUT2D eigenvalue weighted by Gasteiger charge is 2.31. The molecule has 6 nitrogen and oxygen atoms in total. The van der Waals surface area contributed by atoms with E-state index in [-0.39, 0.29) is 11.8 Å². The molecule has 2 amide bonds. The molecule has 2 saturated heterocycles. The lowest BCUT2D eigenvalue weighted by molar-refractivity contribution is -0.131. The fourth-order valence-electron chi connectivity index (χ4n) is 3.65. The van der Waals surface area contributed by atoms with Gasteiger partial charge in [0.05, 0.1) is 19.1 Å². The van der Waals surface area contributed by atoms with Crippen molar-refractivity contribution < 1.29 is 19.1 Å². The third kappa shape index (κ3) is 5.55. The van der Waals surface area contributed by atoms with Gasteiger partial charge in [0, 0.05) is 26.1 Å². The smallest absolute Gasteiger partial charge is 0.266 e. The summed E-state index contributed by atoms with van der Waals surface area (Å²) in [4.78, 5) is 29.4. The number of hydrogen-bond donors (Lipinski definition) is 0. The Kier molecular flexibility index (Phi) is 8.16. The average molecular weight is 449 g/mol. The Morgan fingerprint density at radius 1 is 1.13 bits per heavy atom. The fourth-order valence-corrected chi connectivity index (χ4v) is 4.96. The van der Waals surface area contributed by atoms with Crippen LogP contribution in [0.25, 0.3) is 6.08 Å². The fraction of sp³-hybridized carbons (Fsp3) is 0.500. The maximum atomic E-state index is 12.8. The second-order valence-corrected chi connectivity index (χ2v) is 9.02. The van der Waals surface area contributed by atoms with E-state index in [1.807, 2.05) is 23.1 Å². The number of thiocarbonyl (C=S) groups is 1. The van der Waals surface area contributed by atoms with Crippen molar-refractivity contribution >= 4 is 46.2 Å². The van der Waals surface area contributed by atoms with E-state index in [4.69, 9.17) is 21.7 Å². The first-order chi connectivity index (χ1) is 14.5. The quantitative estimate of drug-likeness (QED) is 0.463. The van der Waals surface area contributed by atoms with E-state index in [9.17, 15) is 9.59 Å². The van der Waals surface area contributed by atoms with E-state index in [1.54, 1.807) is 25.2 Å². The Morgan fingerprint density at radius 2 is 1.83 bits per heavy atom. The molecule has 0 atom stereocenters. The standard InChI is InChI=1S/C22H28N2O4S2/c1-27-17-10-9-16(14-18(17)28-2)15-19-21(26)24(22(29)30-19)13-7-8-20(25)23-11-5-3-4-6-12-23/h9-10,14-15H,3-8,11-13H2,1-2H3. The second-order valence-electron chi connectivity index (χ2n) is 7.35. The number of rotatable bonds is 7. The van der Waals surface area contributed by atoms with Gasteiger partial charge in [-0.25, -0.2) is 0 Å². The molecule has 1 aromatic carbocycles. The van der Waals surface area contributed by atoms with Gasteiger partial charge in [-0.1, -0.05) is 42.9 Å². The van der Waals surface area contributed by atoms with E-state index in [1.165, 1.54) is 24.6 Å². The SMILES string of the molecule is COc1ccc(C=C2SC(=S)N(CCCC(=O)N3CCCCCC3)C2=O)cc1OC. The van der Waals surface area contributed by atoms with Crippen molar-refractivity contribution in [3.63, 3.8) is 0 Å². The average Bonchev–Trinajstić information content (AvgIpc) is 2.95. The van der Waals surface area contributed by atoms with Gasteiger partial charge in [0.15, 0.2) is 11.5 Å². The van der Waals surface area contributed by atoms with E-state index >= 15 is 0 Å². The van der Waals surface area contributed by atoms with Crippen LogP contribution in [0.5, 0.6) is 11.5 Å². The molecule has 0 radical (unpaired) electrons. The molecule has 0 aliphatic carbocycles. The van der Waals surface area contributed by atoms with E-state index in [0.29, 0.717) is 40.1 Å². The Labute approximate surface area is 187 Å². The van der Waals surface area contributed by atoms with Gasteiger partial charge in [-0.3, -0.25) is 14.5 Å². The number of carbonyl (C=O) groups excluding carboxylic acids is 2. The molecular weight excluding hydrogens is 420 g/mol. The van der Waals surface area contributed by atoms with Crippen LogP contribution in [-0.2, 0) is 9.59 Å². The van der Waals surface area contributed by atoms with Crippen LogP contribution in [0.1, 0.15) is 44.1 Å². The normalized spacial score (nSPS) is 18.7. The molecule has 3 rings (SSSR count). The summed E-state index contributed by atoms with van der Waals surface area (Å²) in [6.07, 6.45) is 7.45.